The minimum atomic E-state index is -3.71. The second-order valence-corrected chi connectivity index (χ2v) is 3.09. The van der Waals surface area contributed by atoms with Gasteiger partial charge in [0, 0.05) is 0 Å². The van der Waals surface area contributed by atoms with Gasteiger partial charge in [-0.15, -0.1) is 0 Å². The first kappa shape index (κ1) is 11.2. The molecule has 0 aromatic heterocycles. The Morgan fingerprint density at radius 3 is 2.17 bits per heavy atom. The summed E-state index contributed by atoms with van der Waals surface area (Å²) in [4.78, 5) is 0. The molecule has 0 unspecified atom stereocenters. The van der Waals surface area contributed by atoms with E-state index in [1.807, 2.05) is 0 Å². The van der Waals surface area contributed by atoms with Gasteiger partial charge >= 0.3 is 7.82 Å². The molecule has 70 valence electrons. The topological polar surface area (TPSA) is 44.8 Å². The molecule has 0 saturated carbocycles. The van der Waals surface area contributed by atoms with Gasteiger partial charge in [0.2, 0.25) is 0 Å². The zero-order valence-corrected chi connectivity index (χ0v) is 7.34. The van der Waals surface area contributed by atoms with Gasteiger partial charge in [0.15, 0.2) is 0 Å². The van der Waals surface area contributed by atoms with E-state index in [0.29, 0.717) is 0 Å². The van der Waals surface area contributed by atoms with Gasteiger partial charge in [-0.2, -0.15) is 0 Å². The maximum absolute atomic E-state index is 11.6. The Morgan fingerprint density at radius 1 is 1.33 bits per heavy atom. The molecule has 0 aromatic rings. The minimum absolute atomic E-state index is 0.362. The van der Waals surface area contributed by atoms with Crippen LogP contribution in [0.3, 0.4) is 0 Å². The van der Waals surface area contributed by atoms with E-state index >= 15 is 0 Å². The summed E-state index contributed by atoms with van der Waals surface area (Å²) in [7, 11) is -3.71. The first-order chi connectivity index (χ1) is 5.68. The molecular weight excluding hydrogens is 186 g/mol. The summed E-state index contributed by atoms with van der Waals surface area (Å²) in [6, 6.07) is 0. The lowest BCUT2D eigenvalue weighted by Crippen LogP contribution is -1.96. The van der Waals surface area contributed by atoms with Crippen molar-refractivity contribution in [2.45, 2.75) is 0 Å². The van der Waals surface area contributed by atoms with Crippen LogP contribution < -0.4 is 0 Å². The molecule has 0 rings (SSSR count). The number of alkyl halides is 1. The van der Waals surface area contributed by atoms with E-state index in [-0.39, 0.29) is 6.61 Å². The molecule has 0 fully saturated rings. The van der Waals surface area contributed by atoms with Crippen LogP contribution >= 0.6 is 7.82 Å². The molecular formula is C6H10FO4P. The number of rotatable bonds is 7. The molecule has 12 heavy (non-hydrogen) atoms. The van der Waals surface area contributed by atoms with Crippen LogP contribution in [0, 0.1) is 0 Å². The SMILES string of the molecule is C=COP(=O)(OC=C)OCCF. The number of halogens is 1. The zero-order valence-electron chi connectivity index (χ0n) is 6.44. The average molecular weight is 196 g/mol. The fraction of sp³-hybridized carbons (Fsp3) is 0.333. The van der Waals surface area contributed by atoms with Crippen molar-refractivity contribution in [2.75, 3.05) is 13.3 Å². The van der Waals surface area contributed by atoms with Gasteiger partial charge in [-0.25, -0.2) is 8.96 Å². The van der Waals surface area contributed by atoms with Crippen LogP contribution in [0.4, 0.5) is 4.39 Å². The van der Waals surface area contributed by atoms with Crippen LogP contribution in [0.1, 0.15) is 0 Å². The van der Waals surface area contributed by atoms with Crippen molar-refractivity contribution < 1.29 is 22.5 Å². The molecule has 0 heterocycles. The number of hydrogen-bond donors (Lipinski definition) is 0. The van der Waals surface area contributed by atoms with Crippen molar-refractivity contribution in [3.63, 3.8) is 0 Å². The molecule has 0 aliphatic carbocycles. The van der Waals surface area contributed by atoms with Gasteiger partial charge in [0.1, 0.15) is 6.67 Å². The second-order valence-electron chi connectivity index (χ2n) is 1.51. The third kappa shape index (κ3) is 4.16. The summed E-state index contributed by atoms with van der Waals surface area (Å²) in [6.07, 6.45) is 1.78. The van der Waals surface area contributed by atoms with E-state index in [1.54, 1.807) is 0 Å². The largest absolute Gasteiger partial charge is 0.586 e. The van der Waals surface area contributed by atoms with E-state index in [1.165, 1.54) is 0 Å². The zero-order chi connectivity index (χ0) is 9.45. The standard InChI is InChI=1S/C6H10FO4P/c1-3-9-12(8,10-4-2)11-6-5-7/h3-4H,1-2,5-6H2. The molecule has 0 saturated heterocycles. The molecule has 0 bridgehead atoms. The van der Waals surface area contributed by atoms with E-state index in [0.717, 1.165) is 12.5 Å². The first-order valence-electron chi connectivity index (χ1n) is 3.07. The lowest BCUT2D eigenvalue weighted by atomic mass is 10.9. The molecule has 0 radical (unpaired) electrons. The fourth-order valence-corrected chi connectivity index (χ4v) is 1.24. The highest BCUT2D eigenvalue weighted by Crippen LogP contribution is 2.49. The van der Waals surface area contributed by atoms with Gasteiger partial charge in [0.25, 0.3) is 0 Å². The van der Waals surface area contributed by atoms with Crippen LogP contribution in [-0.2, 0) is 18.1 Å². The van der Waals surface area contributed by atoms with Gasteiger partial charge in [0.05, 0.1) is 19.1 Å². The van der Waals surface area contributed by atoms with Crippen molar-refractivity contribution >= 4 is 7.82 Å². The Hall–Kier alpha value is -0.800. The Balaban J connectivity index is 4.07. The summed E-state index contributed by atoms with van der Waals surface area (Å²) >= 11 is 0. The van der Waals surface area contributed by atoms with Crippen LogP contribution in [0.2, 0.25) is 0 Å². The molecule has 4 nitrogen and oxygen atoms in total. The molecule has 0 atom stereocenters. The number of phosphoric ester groups is 1. The monoisotopic (exact) mass is 196 g/mol. The van der Waals surface area contributed by atoms with Crippen LogP contribution in [0.15, 0.2) is 25.7 Å². The molecule has 0 N–H and O–H groups in total. The number of phosphoric acid groups is 1. The fourth-order valence-electron chi connectivity index (χ4n) is 0.415. The third-order valence-corrected chi connectivity index (χ3v) is 2.05. The van der Waals surface area contributed by atoms with Gasteiger partial charge in [-0.1, -0.05) is 13.2 Å². The van der Waals surface area contributed by atoms with E-state index in [2.05, 4.69) is 26.7 Å². The van der Waals surface area contributed by atoms with E-state index in [4.69, 9.17) is 0 Å². The highest BCUT2D eigenvalue weighted by atomic mass is 31.2. The second kappa shape index (κ2) is 5.80. The smallest absolute Gasteiger partial charge is 0.404 e. The Labute approximate surface area is 70.2 Å². The molecule has 0 spiro atoms. The Bertz CT molecular complexity index is 180. The minimum Gasteiger partial charge on any atom is -0.404 e. The Kier molecular flexibility index (Phi) is 5.41. The van der Waals surface area contributed by atoms with Crippen molar-refractivity contribution in [3.05, 3.63) is 25.7 Å². The van der Waals surface area contributed by atoms with Crippen LogP contribution in [-0.4, -0.2) is 13.3 Å². The van der Waals surface area contributed by atoms with Crippen molar-refractivity contribution in [3.8, 4) is 0 Å². The van der Waals surface area contributed by atoms with Crippen molar-refractivity contribution in [2.24, 2.45) is 0 Å². The predicted molar refractivity (Wildman–Crippen MR) is 42.1 cm³/mol. The molecule has 0 aliphatic heterocycles. The maximum Gasteiger partial charge on any atom is 0.586 e. The van der Waals surface area contributed by atoms with Gasteiger partial charge in [-0.05, 0) is 0 Å². The normalized spacial score (nSPS) is 10.4. The molecule has 0 aliphatic rings. The molecule has 0 aromatic carbocycles. The molecule has 0 amide bonds. The molecule has 6 heteroatoms. The predicted octanol–water partition coefficient (Wildman–Crippen LogP) is 2.40. The average Bonchev–Trinajstić information content (AvgIpc) is 2.02. The van der Waals surface area contributed by atoms with Crippen LogP contribution in [0.5, 0.6) is 0 Å². The summed E-state index contributed by atoms with van der Waals surface area (Å²) in [5.41, 5.74) is 0. The van der Waals surface area contributed by atoms with Crippen LogP contribution in [0.25, 0.3) is 0 Å². The Morgan fingerprint density at radius 2 is 1.83 bits per heavy atom. The third-order valence-electron chi connectivity index (χ3n) is 0.734. The lowest BCUT2D eigenvalue weighted by Gasteiger charge is -2.12. The van der Waals surface area contributed by atoms with E-state index in [9.17, 15) is 8.96 Å². The quantitative estimate of drug-likeness (QED) is 0.463. The van der Waals surface area contributed by atoms with Gasteiger partial charge < -0.3 is 9.05 Å². The highest BCUT2D eigenvalue weighted by Gasteiger charge is 2.26. The summed E-state index contributed by atoms with van der Waals surface area (Å²) in [6.45, 7) is 5.17. The summed E-state index contributed by atoms with van der Waals surface area (Å²) < 4.78 is 36.1. The lowest BCUT2D eigenvalue weighted by molar-refractivity contribution is 0.168. The van der Waals surface area contributed by atoms with Gasteiger partial charge in [-0.3, -0.25) is 4.52 Å². The van der Waals surface area contributed by atoms with Crippen molar-refractivity contribution in [1.82, 2.24) is 0 Å². The number of hydrogen-bond acceptors (Lipinski definition) is 4. The summed E-state index contributed by atoms with van der Waals surface area (Å²) in [5.74, 6) is 0. The summed E-state index contributed by atoms with van der Waals surface area (Å²) in [5, 5.41) is 0. The maximum atomic E-state index is 11.6. The van der Waals surface area contributed by atoms with Crippen molar-refractivity contribution in [1.29, 1.82) is 0 Å². The van der Waals surface area contributed by atoms with E-state index < -0.39 is 14.5 Å². The highest BCUT2D eigenvalue weighted by molar-refractivity contribution is 7.48. The first-order valence-corrected chi connectivity index (χ1v) is 4.53.